The van der Waals surface area contributed by atoms with Gasteiger partial charge >= 0.3 is 0 Å². The van der Waals surface area contributed by atoms with E-state index in [2.05, 4.69) is 48.0 Å². The molecule has 2 aromatic carbocycles. The van der Waals surface area contributed by atoms with Crippen LogP contribution >= 0.6 is 27.5 Å². The van der Waals surface area contributed by atoms with Crippen molar-refractivity contribution < 1.29 is 4.74 Å². The van der Waals surface area contributed by atoms with Crippen LogP contribution in [0.15, 0.2) is 40.9 Å². The summed E-state index contributed by atoms with van der Waals surface area (Å²) in [7, 11) is 0. The van der Waals surface area contributed by atoms with Crippen molar-refractivity contribution in [3.05, 3.63) is 63.1 Å². The van der Waals surface area contributed by atoms with E-state index in [0.717, 1.165) is 22.2 Å². The van der Waals surface area contributed by atoms with Crippen molar-refractivity contribution in [2.75, 3.05) is 0 Å². The van der Waals surface area contributed by atoms with E-state index < -0.39 is 0 Å². The molecule has 2 unspecified atom stereocenters. The monoisotopic (exact) mass is 350 g/mol. The van der Waals surface area contributed by atoms with Crippen LogP contribution in [0.5, 0.6) is 5.75 Å². The Morgan fingerprint density at radius 1 is 1.20 bits per heavy atom. The topological polar surface area (TPSA) is 9.23 Å². The summed E-state index contributed by atoms with van der Waals surface area (Å²) in [4.78, 5) is 0. The van der Waals surface area contributed by atoms with E-state index in [1.54, 1.807) is 0 Å². The third-order valence-electron chi connectivity index (χ3n) is 3.84. The van der Waals surface area contributed by atoms with Gasteiger partial charge in [-0.05, 0) is 48.2 Å². The molecule has 0 N–H and O–H groups in total. The number of hydrogen-bond donors (Lipinski definition) is 0. The van der Waals surface area contributed by atoms with Gasteiger partial charge in [0.2, 0.25) is 0 Å². The molecule has 0 spiro atoms. The summed E-state index contributed by atoms with van der Waals surface area (Å²) >= 11 is 10.3. The van der Waals surface area contributed by atoms with Gasteiger partial charge in [-0.15, -0.1) is 11.6 Å². The SMILES string of the molecule is Cc1cc(C(Cl)C2Cc3ccccc3O2)c(C)cc1Br. The molecule has 0 bridgehead atoms. The summed E-state index contributed by atoms with van der Waals surface area (Å²) in [6, 6.07) is 12.4. The van der Waals surface area contributed by atoms with Crippen LogP contribution in [0.25, 0.3) is 0 Å². The second-order valence-electron chi connectivity index (χ2n) is 5.33. The number of halogens is 2. The zero-order valence-corrected chi connectivity index (χ0v) is 13.8. The number of hydrogen-bond acceptors (Lipinski definition) is 1. The molecule has 2 aromatic rings. The molecule has 104 valence electrons. The lowest BCUT2D eigenvalue weighted by atomic mass is 9.97. The molecular weight excluding hydrogens is 336 g/mol. The average molecular weight is 352 g/mol. The molecule has 3 heteroatoms. The summed E-state index contributed by atoms with van der Waals surface area (Å²) in [5, 5.41) is -0.130. The molecular formula is C17H16BrClO. The first-order valence-electron chi connectivity index (χ1n) is 6.71. The van der Waals surface area contributed by atoms with Crippen molar-refractivity contribution in [3.63, 3.8) is 0 Å². The maximum Gasteiger partial charge on any atom is 0.123 e. The molecule has 0 aromatic heterocycles. The largest absolute Gasteiger partial charge is 0.488 e. The van der Waals surface area contributed by atoms with Crippen molar-refractivity contribution >= 4 is 27.5 Å². The highest BCUT2D eigenvalue weighted by Crippen LogP contribution is 2.39. The number of rotatable bonds is 2. The number of ether oxygens (including phenoxy) is 1. The van der Waals surface area contributed by atoms with Crippen LogP contribution in [-0.2, 0) is 6.42 Å². The van der Waals surface area contributed by atoms with Gasteiger partial charge in [0.1, 0.15) is 11.9 Å². The maximum atomic E-state index is 6.69. The fourth-order valence-corrected chi connectivity index (χ4v) is 3.51. The van der Waals surface area contributed by atoms with Gasteiger partial charge in [0.25, 0.3) is 0 Å². The molecule has 20 heavy (non-hydrogen) atoms. The molecule has 0 amide bonds. The highest BCUT2D eigenvalue weighted by molar-refractivity contribution is 9.10. The fraction of sp³-hybridized carbons (Fsp3) is 0.294. The minimum Gasteiger partial charge on any atom is -0.488 e. The Hall–Kier alpha value is -0.990. The lowest BCUT2D eigenvalue weighted by molar-refractivity contribution is 0.227. The van der Waals surface area contributed by atoms with Crippen LogP contribution in [0.1, 0.15) is 27.6 Å². The predicted molar refractivity (Wildman–Crippen MR) is 86.8 cm³/mol. The fourth-order valence-electron chi connectivity index (χ4n) is 2.67. The van der Waals surface area contributed by atoms with E-state index in [-0.39, 0.29) is 11.5 Å². The molecule has 0 saturated heterocycles. The Morgan fingerprint density at radius 2 is 1.95 bits per heavy atom. The third-order valence-corrected chi connectivity index (χ3v) is 5.21. The number of aryl methyl sites for hydroxylation is 2. The molecule has 0 radical (unpaired) electrons. The van der Waals surface area contributed by atoms with E-state index >= 15 is 0 Å². The van der Waals surface area contributed by atoms with Crippen molar-refractivity contribution in [2.45, 2.75) is 31.7 Å². The highest BCUT2D eigenvalue weighted by atomic mass is 79.9. The van der Waals surface area contributed by atoms with E-state index in [1.807, 2.05) is 18.2 Å². The van der Waals surface area contributed by atoms with E-state index in [9.17, 15) is 0 Å². The van der Waals surface area contributed by atoms with Crippen LogP contribution in [0.3, 0.4) is 0 Å². The molecule has 2 atom stereocenters. The number of para-hydroxylation sites is 1. The minimum absolute atomic E-state index is 0.00772. The van der Waals surface area contributed by atoms with Crippen molar-refractivity contribution in [1.29, 1.82) is 0 Å². The zero-order valence-electron chi connectivity index (χ0n) is 11.5. The highest BCUT2D eigenvalue weighted by Gasteiger charge is 2.30. The van der Waals surface area contributed by atoms with Crippen molar-refractivity contribution in [1.82, 2.24) is 0 Å². The molecule has 3 rings (SSSR count). The Morgan fingerprint density at radius 3 is 2.70 bits per heavy atom. The van der Waals surface area contributed by atoms with E-state index in [0.29, 0.717) is 0 Å². The first-order valence-corrected chi connectivity index (χ1v) is 7.94. The summed E-state index contributed by atoms with van der Waals surface area (Å²) in [5.41, 5.74) is 4.80. The molecule has 0 saturated carbocycles. The quantitative estimate of drug-likeness (QED) is 0.663. The van der Waals surface area contributed by atoms with E-state index in [4.69, 9.17) is 16.3 Å². The van der Waals surface area contributed by atoms with Gasteiger partial charge in [0.05, 0.1) is 5.38 Å². The second-order valence-corrected chi connectivity index (χ2v) is 6.65. The maximum absolute atomic E-state index is 6.69. The smallest absolute Gasteiger partial charge is 0.123 e. The molecule has 1 heterocycles. The van der Waals surface area contributed by atoms with E-state index in [1.165, 1.54) is 16.7 Å². The molecule has 0 aliphatic carbocycles. The molecule has 1 nitrogen and oxygen atoms in total. The van der Waals surface area contributed by atoms with Gasteiger partial charge < -0.3 is 4.74 Å². The summed E-state index contributed by atoms with van der Waals surface area (Å²) in [6.45, 7) is 4.18. The normalized spacial score (nSPS) is 18.5. The van der Waals surface area contributed by atoms with Crippen molar-refractivity contribution in [3.8, 4) is 5.75 Å². The Bertz CT molecular complexity index is 628. The Kier molecular flexibility index (Phi) is 3.78. The lowest BCUT2D eigenvalue weighted by Crippen LogP contribution is -2.20. The van der Waals surface area contributed by atoms with Crippen molar-refractivity contribution in [2.24, 2.45) is 0 Å². The molecule has 0 fully saturated rings. The predicted octanol–water partition coefficient (Wildman–Crippen LogP) is 5.35. The third kappa shape index (κ3) is 2.47. The Balaban J connectivity index is 1.88. The van der Waals surface area contributed by atoms with Gasteiger partial charge in [-0.1, -0.05) is 40.2 Å². The number of fused-ring (bicyclic) bond motifs is 1. The van der Waals surface area contributed by atoms with Gasteiger partial charge in [-0.3, -0.25) is 0 Å². The number of benzene rings is 2. The van der Waals surface area contributed by atoms with Crippen LogP contribution < -0.4 is 4.74 Å². The molecule has 1 aliphatic heterocycles. The van der Waals surface area contributed by atoms with Gasteiger partial charge in [0.15, 0.2) is 0 Å². The van der Waals surface area contributed by atoms with Gasteiger partial charge in [-0.2, -0.15) is 0 Å². The second kappa shape index (κ2) is 5.42. The first kappa shape index (κ1) is 14.0. The average Bonchev–Trinajstić information content (AvgIpc) is 2.86. The van der Waals surface area contributed by atoms with Crippen LogP contribution in [0.2, 0.25) is 0 Å². The standard InChI is InChI=1S/C17H16BrClO/c1-10-8-14(18)11(2)7-13(10)17(19)16-9-12-5-3-4-6-15(12)20-16/h3-8,16-17H,9H2,1-2H3. The zero-order chi connectivity index (χ0) is 14.3. The lowest BCUT2D eigenvalue weighted by Gasteiger charge is -2.20. The Labute approximate surface area is 133 Å². The molecule has 1 aliphatic rings. The summed E-state index contributed by atoms with van der Waals surface area (Å²) in [5.74, 6) is 0.967. The minimum atomic E-state index is -0.130. The summed E-state index contributed by atoms with van der Waals surface area (Å²) in [6.07, 6.45) is 0.882. The van der Waals surface area contributed by atoms with Crippen LogP contribution in [-0.4, -0.2) is 6.10 Å². The summed E-state index contributed by atoms with van der Waals surface area (Å²) < 4.78 is 7.13. The number of alkyl halides is 1. The first-order chi connectivity index (χ1) is 9.56. The van der Waals surface area contributed by atoms with Gasteiger partial charge in [-0.25, -0.2) is 0 Å². The van der Waals surface area contributed by atoms with Crippen LogP contribution in [0.4, 0.5) is 0 Å². The van der Waals surface area contributed by atoms with Gasteiger partial charge in [0, 0.05) is 10.9 Å². The van der Waals surface area contributed by atoms with Crippen LogP contribution in [0, 0.1) is 13.8 Å².